The first-order valence-electron chi connectivity index (χ1n) is 6.71. The summed E-state index contributed by atoms with van der Waals surface area (Å²) in [6.07, 6.45) is 8.26. The second kappa shape index (κ2) is 6.14. The van der Waals surface area contributed by atoms with E-state index in [2.05, 4.69) is 17.2 Å². The number of aromatic nitrogens is 1. The Morgan fingerprint density at radius 3 is 3.11 bits per heavy atom. The van der Waals surface area contributed by atoms with Crippen LogP contribution in [0, 0.1) is 5.92 Å². The first kappa shape index (κ1) is 13.3. The molecule has 0 spiro atoms. The van der Waals surface area contributed by atoms with Crippen molar-refractivity contribution in [2.45, 2.75) is 45.1 Å². The van der Waals surface area contributed by atoms with Crippen LogP contribution in [0.2, 0.25) is 0 Å². The number of anilines is 1. The van der Waals surface area contributed by atoms with Crippen molar-refractivity contribution in [2.75, 3.05) is 5.32 Å². The highest BCUT2D eigenvalue weighted by molar-refractivity contribution is 7.80. The molecule has 2 unspecified atom stereocenters. The van der Waals surface area contributed by atoms with Gasteiger partial charge in [-0.3, -0.25) is 4.98 Å². The van der Waals surface area contributed by atoms with Gasteiger partial charge in [-0.05, 0) is 30.9 Å². The van der Waals surface area contributed by atoms with E-state index in [0.29, 0.717) is 16.7 Å². The Balaban J connectivity index is 2.00. The summed E-state index contributed by atoms with van der Waals surface area (Å²) in [6.45, 7) is 2.28. The number of thiocarbonyl (C=S) groups is 1. The van der Waals surface area contributed by atoms with E-state index < -0.39 is 0 Å². The second-order valence-electron chi connectivity index (χ2n) is 5.08. The number of pyridine rings is 1. The Bertz CT molecular complexity index is 419. The fourth-order valence-corrected chi connectivity index (χ4v) is 2.80. The molecule has 2 rings (SSSR count). The summed E-state index contributed by atoms with van der Waals surface area (Å²) in [6, 6.07) is 4.50. The van der Waals surface area contributed by atoms with Crippen LogP contribution in [-0.2, 0) is 0 Å². The van der Waals surface area contributed by atoms with Crippen LogP contribution in [0.1, 0.15) is 44.7 Å². The molecule has 4 heteroatoms. The quantitative estimate of drug-likeness (QED) is 0.820. The van der Waals surface area contributed by atoms with E-state index in [9.17, 15) is 0 Å². The lowest BCUT2D eigenvalue weighted by molar-refractivity contribution is 0.327. The normalized spacial score (nSPS) is 23.6. The van der Waals surface area contributed by atoms with Crippen LogP contribution >= 0.6 is 12.2 Å². The first-order chi connectivity index (χ1) is 8.69. The van der Waals surface area contributed by atoms with Crippen LogP contribution in [0.25, 0.3) is 0 Å². The van der Waals surface area contributed by atoms with Crippen molar-refractivity contribution in [2.24, 2.45) is 11.7 Å². The van der Waals surface area contributed by atoms with Crippen molar-refractivity contribution in [3.8, 4) is 0 Å². The third-order valence-electron chi connectivity index (χ3n) is 3.74. The molecule has 0 aromatic carbocycles. The van der Waals surface area contributed by atoms with Gasteiger partial charge in [-0.25, -0.2) is 0 Å². The van der Waals surface area contributed by atoms with Gasteiger partial charge in [0.15, 0.2) is 0 Å². The smallest absolute Gasteiger partial charge is 0.122 e. The molecule has 98 valence electrons. The van der Waals surface area contributed by atoms with Gasteiger partial charge < -0.3 is 11.1 Å². The monoisotopic (exact) mass is 263 g/mol. The molecular formula is C14H21N3S. The largest absolute Gasteiger partial charge is 0.388 e. The third kappa shape index (κ3) is 3.42. The zero-order chi connectivity index (χ0) is 13.0. The van der Waals surface area contributed by atoms with Gasteiger partial charge >= 0.3 is 0 Å². The second-order valence-corrected chi connectivity index (χ2v) is 5.52. The third-order valence-corrected chi connectivity index (χ3v) is 3.95. The van der Waals surface area contributed by atoms with E-state index in [1.54, 1.807) is 6.20 Å². The fraction of sp³-hybridized carbons (Fsp3) is 0.571. The van der Waals surface area contributed by atoms with E-state index in [4.69, 9.17) is 18.0 Å². The summed E-state index contributed by atoms with van der Waals surface area (Å²) < 4.78 is 0. The van der Waals surface area contributed by atoms with Gasteiger partial charge in [0, 0.05) is 17.9 Å². The standard InChI is InChI=1S/C14H21N3S/c1-2-10-4-3-5-11(8-10)17-12-6-7-16-13(9-12)14(15)18/h6-7,9-11H,2-5,8H2,1H3,(H2,15,18)(H,16,17). The van der Waals surface area contributed by atoms with Crippen LogP contribution in [0.3, 0.4) is 0 Å². The highest BCUT2D eigenvalue weighted by Crippen LogP contribution is 2.28. The highest BCUT2D eigenvalue weighted by atomic mass is 32.1. The van der Waals surface area contributed by atoms with Crippen molar-refractivity contribution < 1.29 is 0 Å². The summed E-state index contributed by atoms with van der Waals surface area (Å²) in [5.41, 5.74) is 7.37. The predicted molar refractivity (Wildman–Crippen MR) is 79.8 cm³/mol. The zero-order valence-electron chi connectivity index (χ0n) is 10.9. The lowest BCUT2D eigenvalue weighted by Gasteiger charge is -2.29. The summed E-state index contributed by atoms with van der Waals surface area (Å²) >= 11 is 4.95. The maximum atomic E-state index is 5.60. The van der Waals surface area contributed by atoms with Crippen molar-refractivity contribution in [3.63, 3.8) is 0 Å². The molecule has 0 amide bonds. The molecule has 1 aromatic rings. The van der Waals surface area contributed by atoms with E-state index in [-0.39, 0.29) is 0 Å². The van der Waals surface area contributed by atoms with Crippen LogP contribution < -0.4 is 11.1 Å². The molecule has 3 nitrogen and oxygen atoms in total. The number of nitrogens with zero attached hydrogens (tertiary/aromatic N) is 1. The molecule has 0 aliphatic heterocycles. The maximum Gasteiger partial charge on any atom is 0.122 e. The number of hydrogen-bond acceptors (Lipinski definition) is 3. The Labute approximate surface area is 114 Å². The first-order valence-corrected chi connectivity index (χ1v) is 7.12. The minimum atomic E-state index is 0.355. The van der Waals surface area contributed by atoms with Crippen molar-refractivity contribution in [3.05, 3.63) is 24.0 Å². The Morgan fingerprint density at radius 1 is 1.56 bits per heavy atom. The minimum Gasteiger partial charge on any atom is -0.388 e. The Hall–Kier alpha value is -1.16. The van der Waals surface area contributed by atoms with E-state index in [1.807, 2.05) is 12.1 Å². The lowest BCUT2D eigenvalue weighted by atomic mass is 9.84. The number of nitrogens with two attached hydrogens (primary N) is 1. The summed E-state index contributed by atoms with van der Waals surface area (Å²) in [5, 5.41) is 3.59. The summed E-state index contributed by atoms with van der Waals surface area (Å²) in [7, 11) is 0. The Kier molecular flexibility index (Phi) is 4.53. The average molecular weight is 263 g/mol. The number of nitrogens with one attached hydrogen (secondary N) is 1. The van der Waals surface area contributed by atoms with Crippen molar-refractivity contribution in [1.29, 1.82) is 0 Å². The van der Waals surface area contributed by atoms with Crippen molar-refractivity contribution >= 4 is 22.9 Å². The highest BCUT2D eigenvalue weighted by Gasteiger charge is 2.20. The van der Waals surface area contributed by atoms with Gasteiger partial charge in [0.25, 0.3) is 0 Å². The molecule has 1 heterocycles. The molecule has 1 fully saturated rings. The van der Waals surface area contributed by atoms with Crippen molar-refractivity contribution in [1.82, 2.24) is 4.98 Å². The van der Waals surface area contributed by atoms with Gasteiger partial charge in [0.05, 0.1) is 5.69 Å². The molecule has 0 bridgehead atoms. The molecule has 0 radical (unpaired) electrons. The predicted octanol–water partition coefficient (Wildman–Crippen LogP) is 3.10. The van der Waals surface area contributed by atoms with Gasteiger partial charge in [-0.15, -0.1) is 0 Å². The molecular weight excluding hydrogens is 242 g/mol. The molecule has 1 aliphatic carbocycles. The van der Waals surface area contributed by atoms with Crippen LogP contribution in [0.5, 0.6) is 0 Å². The van der Waals surface area contributed by atoms with Crippen LogP contribution in [0.4, 0.5) is 5.69 Å². The molecule has 2 atom stereocenters. The molecule has 1 saturated carbocycles. The van der Waals surface area contributed by atoms with E-state index >= 15 is 0 Å². The Morgan fingerprint density at radius 2 is 2.39 bits per heavy atom. The number of rotatable bonds is 4. The average Bonchev–Trinajstić information content (AvgIpc) is 2.39. The molecule has 1 aliphatic rings. The zero-order valence-corrected chi connectivity index (χ0v) is 11.7. The topological polar surface area (TPSA) is 50.9 Å². The van der Waals surface area contributed by atoms with Gasteiger partial charge in [-0.2, -0.15) is 0 Å². The molecule has 1 aromatic heterocycles. The number of hydrogen-bond donors (Lipinski definition) is 2. The van der Waals surface area contributed by atoms with Gasteiger partial charge in [0.2, 0.25) is 0 Å². The van der Waals surface area contributed by atoms with Gasteiger partial charge in [0.1, 0.15) is 4.99 Å². The maximum absolute atomic E-state index is 5.60. The minimum absolute atomic E-state index is 0.355. The van der Waals surface area contributed by atoms with Crippen LogP contribution in [-0.4, -0.2) is 16.0 Å². The fourth-order valence-electron chi connectivity index (χ4n) is 2.68. The molecule has 18 heavy (non-hydrogen) atoms. The lowest BCUT2D eigenvalue weighted by Crippen LogP contribution is -2.27. The SMILES string of the molecule is CCC1CCCC(Nc2ccnc(C(N)=S)c2)C1. The van der Waals surface area contributed by atoms with Crippen LogP contribution in [0.15, 0.2) is 18.3 Å². The molecule has 3 N–H and O–H groups in total. The summed E-state index contributed by atoms with van der Waals surface area (Å²) in [5.74, 6) is 0.869. The van der Waals surface area contributed by atoms with E-state index in [0.717, 1.165) is 11.6 Å². The summed E-state index contributed by atoms with van der Waals surface area (Å²) in [4.78, 5) is 4.51. The molecule has 0 saturated heterocycles. The van der Waals surface area contributed by atoms with Gasteiger partial charge in [-0.1, -0.05) is 38.4 Å². The van der Waals surface area contributed by atoms with E-state index in [1.165, 1.54) is 32.1 Å².